The molecule has 2 N–H and O–H groups in total. The molecule has 4 nitrogen and oxygen atoms in total. The van der Waals surface area contributed by atoms with Crippen molar-refractivity contribution >= 4 is 24.7 Å². The molecule has 0 aliphatic carbocycles. The minimum atomic E-state index is -1.09. The maximum Gasteiger partial charge on any atom is 0.324 e. The largest absolute Gasteiger partial charge is 0.480 e. The lowest BCUT2D eigenvalue weighted by molar-refractivity contribution is -0.163. The number of hydrogen-bond donors (Lipinski definition) is 3. The van der Waals surface area contributed by atoms with Crippen molar-refractivity contribution in [1.82, 2.24) is 5.06 Å². The molecule has 5 heteroatoms. The van der Waals surface area contributed by atoms with Crippen LogP contribution in [-0.4, -0.2) is 39.7 Å². The van der Waals surface area contributed by atoms with Crippen LogP contribution in [0.3, 0.4) is 0 Å². The normalized spacial score (nSPS) is 13.1. The van der Waals surface area contributed by atoms with Crippen LogP contribution in [0.4, 0.5) is 0 Å². The SMILES string of the molecule is O=C(O)C(CS)N(O)CC=Cc1ccccc1. The third-order valence-corrected chi connectivity index (χ3v) is 2.57. The molecule has 0 aliphatic rings. The summed E-state index contributed by atoms with van der Waals surface area (Å²) in [4.78, 5) is 10.7. The molecule has 0 heterocycles. The number of rotatable bonds is 6. The fourth-order valence-corrected chi connectivity index (χ4v) is 1.63. The molecule has 1 aromatic rings. The van der Waals surface area contributed by atoms with E-state index in [4.69, 9.17) is 5.11 Å². The van der Waals surface area contributed by atoms with Gasteiger partial charge in [-0.1, -0.05) is 42.5 Å². The molecule has 92 valence electrons. The van der Waals surface area contributed by atoms with Crippen LogP contribution in [0.1, 0.15) is 5.56 Å². The monoisotopic (exact) mass is 253 g/mol. The fraction of sp³-hybridized carbons (Fsp3) is 0.250. The van der Waals surface area contributed by atoms with E-state index in [1.54, 1.807) is 6.08 Å². The molecule has 1 rings (SSSR count). The maximum atomic E-state index is 10.7. The Morgan fingerprint density at radius 3 is 2.59 bits per heavy atom. The van der Waals surface area contributed by atoms with Crippen molar-refractivity contribution in [3.05, 3.63) is 42.0 Å². The Morgan fingerprint density at radius 1 is 1.41 bits per heavy atom. The summed E-state index contributed by atoms with van der Waals surface area (Å²) >= 11 is 3.88. The molecule has 1 unspecified atom stereocenters. The third-order valence-electron chi connectivity index (χ3n) is 2.22. The lowest BCUT2D eigenvalue weighted by Crippen LogP contribution is -2.40. The topological polar surface area (TPSA) is 60.8 Å². The quantitative estimate of drug-likeness (QED) is 0.534. The van der Waals surface area contributed by atoms with Crippen LogP contribution in [0.25, 0.3) is 6.08 Å². The summed E-state index contributed by atoms with van der Waals surface area (Å²) in [6.45, 7) is 0.145. The summed E-state index contributed by atoms with van der Waals surface area (Å²) < 4.78 is 0. The Hall–Kier alpha value is -1.30. The molecular weight excluding hydrogens is 238 g/mol. The second kappa shape index (κ2) is 7.11. The molecule has 0 spiro atoms. The molecule has 0 aliphatic heterocycles. The molecular formula is C12H15NO3S. The number of hydroxylamine groups is 2. The number of carbonyl (C=O) groups is 1. The minimum Gasteiger partial charge on any atom is -0.480 e. The zero-order chi connectivity index (χ0) is 12.7. The van der Waals surface area contributed by atoms with Crippen LogP contribution in [0.5, 0.6) is 0 Å². The predicted octanol–water partition coefficient (Wildman–Crippen LogP) is 1.77. The Bertz CT molecular complexity index is 381. The van der Waals surface area contributed by atoms with E-state index >= 15 is 0 Å². The Labute approximate surface area is 106 Å². The van der Waals surface area contributed by atoms with Gasteiger partial charge in [-0.25, -0.2) is 0 Å². The van der Waals surface area contributed by atoms with Crippen molar-refractivity contribution in [2.24, 2.45) is 0 Å². The van der Waals surface area contributed by atoms with E-state index in [1.165, 1.54) is 0 Å². The molecule has 0 fully saturated rings. The third kappa shape index (κ3) is 4.60. The van der Waals surface area contributed by atoms with Gasteiger partial charge in [0.25, 0.3) is 0 Å². The summed E-state index contributed by atoms with van der Waals surface area (Å²) in [5.74, 6) is -1.03. The number of carboxylic acid groups (broad SMARTS) is 1. The second-order valence-electron chi connectivity index (χ2n) is 3.47. The van der Waals surface area contributed by atoms with Gasteiger partial charge in [-0.15, -0.1) is 0 Å². The van der Waals surface area contributed by atoms with Gasteiger partial charge in [-0.3, -0.25) is 4.79 Å². The Morgan fingerprint density at radius 2 is 2.06 bits per heavy atom. The number of aliphatic carboxylic acids is 1. The van der Waals surface area contributed by atoms with Crippen molar-refractivity contribution in [3.63, 3.8) is 0 Å². The summed E-state index contributed by atoms with van der Waals surface area (Å²) in [6, 6.07) is 8.58. The molecule has 0 radical (unpaired) electrons. The van der Waals surface area contributed by atoms with E-state index in [0.29, 0.717) is 0 Å². The van der Waals surface area contributed by atoms with Crippen LogP contribution in [0, 0.1) is 0 Å². The zero-order valence-corrected chi connectivity index (χ0v) is 10.1. The molecule has 17 heavy (non-hydrogen) atoms. The molecule has 0 amide bonds. The smallest absolute Gasteiger partial charge is 0.324 e. The van der Waals surface area contributed by atoms with Crippen LogP contribution in [-0.2, 0) is 4.79 Å². The summed E-state index contributed by atoms with van der Waals surface area (Å²) in [5.41, 5.74) is 0.999. The van der Waals surface area contributed by atoms with E-state index in [-0.39, 0.29) is 12.3 Å². The van der Waals surface area contributed by atoms with Gasteiger partial charge in [0.15, 0.2) is 0 Å². The average Bonchev–Trinajstić information content (AvgIpc) is 2.30. The first-order valence-electron chi connectivity index (χ1n) is 5.16. The summed E-state index contributed by atoms with van der Waals surface area (Å²) in [7, 11) is 0. The van der Waals surface area contributed by atoms with Gasteiger partial charge in [-0.05, 0) is 5.56 Å². The number of hydrogen-bond acceptors (Lipinski definition) is 4. The van der Waals surface area contributed by atoms with E-state index < -0.39 is 12.0 Å². The van der Waals surface area contributed by atoms with E-state index in [1.807, 2.05) is 36.4 Å². The summed E-state index contributed by atoms with van der Waals surface area (Å²) in [6.07, 6.45) is 3.52. The van der Waals surface area contributed by atoms with Gasteiger partial charge in [0, 0.05) is 12.3 Å². The number of benzene rings is 1. The first kappa shape index (κ1) is 13.8. The molecule has 0 aromatic heterocycles. The first-order chi connectivity index (χ1) is 8.15. The number of nitrogens with zero attached hydrogens (tertiary/aromatic N) is 1. The van der Waals surface area contributed by atoms with E-state index in [0.717, 1.165) is 10.6 Å². The van der Waals surface area contributed by atoms with Crippen molar-refractivity contribution in [2.75, 3.05) is 12.3 Å². The average molecular weight is 253 g/mol. The highest BCUT2D eigenvalue weighted by atomic mass is 32.1. The Kier molecular flexibility index (Phi) is 5.76. The number of carboxylic acids is 1. The van der Waals surface area contributed by atoms with Crippen LogP contribution in [0.15, 0.2) is 36.4 Å². The maximum absolute atomic E-state index is 10.7. The lowest BCUT2D eigenvalue weighted by atomic mass is 10.2. The van der Waals surface area contributed by atoms with Crippen LogP contribution >= 0.6 is 12.6 Å². The van der Waals surface area contributed by atoms with Gasteiger partial charge in [0.1, 0.15) is 6.04 Å². The van der Waals surface area contributed by atoms with Gasteiger partial charge in [-0.2, -0.15) is 17.7 Å². The van der Waals surface area contributed by atoms with Gasteiger partial charge >= 0.3 is 5.97 Å². The zero-order valence-electron chi connectivity index (χ0n) is 9.23. The summed E-state index contributed by atoms with van der Waals surface area (Å²) in [5, 5.41) is 19.1. The van der Waals surface area contributed by atoms with Gasteiger partial charge < -0.3 is 10.3 Å². The standard InChI is InChI=1S/C12H15NO3S/c14-12(15)11(9-17)13(16)8-4-7-10-5-2-1-3-6-10/h1-7,11,16-17H,8-9H2,(H,14,15). The highest BCUT2D eigenvalue weighted by Gasteiger charge is 2.21. The predicted molar refractivity (Wildman–Crippen MR) is 69.2 cm³/mol. The fourth-order valence-electron chi connectivity index (χ4n) is 1.29. The van der Waals surface area contributed by atoms with Gasteiger partial charge in [0.05, 0.1) is 0 Å². The van der Waals surface area contributed by atoms with Gasteiger partial charge in [0.2, 0.25) is 0 Å². The molecule has 0 saturated heterocycles. The van der Waals surface area contributed by atoms with Crippen molar-refractivity contribution in [3.8, 4) is 0 Å². The molecule has 1 atom stereocenters. The first-order valence-corrected chi connectivity index (χ1v) is 5.79. The van der Waals surface area contributed by atoms with E-state index in [2.05, 4.69) is 12.6 Å². The minimum absolute atomic E-state index is 0.0605. The van der Waals surface area contributed by atoms with E-state index in [9.17, 15) is 10.0 Å². The number of thiol groups is 1. The van der Waals surface area contributed by atoms with Crippen molar-refractivity contribution in [1.29, 1.82) is 0 Å². The van der Waals surface area contributed by atoms with Crippen LogP contribution in [0.2, 0.25) is 0 Å². The van der Waals surface area contributed by atoms with Crippen molar-refractivity contribution < 1.29 is 15.1 Å². The second-order valence-corrected chi connectivity index (χ2v) is 3.84. The Balaban J connectivity index is 2.50. The highest BCUT2D eigenvalue weighted by molar-refractivity contribution is 7.80. The van der Waals surface area contributed by atoms with Crippen LogP contribution < -0.4 is 0 Å². The molecule has 0 bridgehead atoms. The molecule has 1 aromatic carbocycles. The molecule has 0 saturated carbocycles. The van der Waals surface area contributed by atoms with Crippen molar-refractivity contribution in [2.45, 2.75) is 6.04 Å². The lowest BCUT2D eigenvalue weighted by Gasteiger charge is -2.18. The highest BCUT2D eigenvalue weighted by Crippen LogP contribution is 2.03.